The lowest BCUT2D eigenvalue weighted by Gasteiger charge is -2.42. The summed E-state index contributed by atoms with van der Waals surface area (Å²) in [6.07, 6.45) is 6.43. The lowest BCUT2D eigenvalue weighted by atomic mass is 9.64. The molecule has 18 heavy (non-hydrogen) atoms. The fourth-order valence-electron chi connectivity index (χ4n) is 3.95. The molecule has 2 aliphatic rings. The van der Waals surface area contributed by atoms with Gasteiger partial charge in [0.25, 0.3) is 0 Å². The maximum atomic E-state index is 11.2. The summed E-state index contributed by atoms with van der Waals surface area (Å²) in [4.78, 5) is 11.2. The Morgan fingerprint density at radius 1 is 1.28 bits per heavy atom. The van der Waals surface area contributed by atoms with Gasteiger partial charge in [0, 0.05) is 6.54 Å². The van der Waals surface area contributed by atoms with Crippen molar-refractivity contribution >= 4 is 5.97 Å². The Kier molecular flexibility index (Phi) is 4.31. The first-order valence-electron chi connectivity index (χ1n) is 7.42. The topological polar surface area (TPSA) is 49.3 Å². The minimum Gasteiger partial charge on any atom is -0.481 e. The second-order valence-electron chi connectivity index (χ2n) is 7.00. The minimum atomic E-state index is -0.635. The first-order valence-corrected chi connectivity index (χ1v) is 7.42. The van der Waals surface area contributed by atoms with E-state index in [2.05, 4.69) is 19.2 Å². The monoisotopic (exact) mass is 253 g/mol. The molecule has 0 heterocycles. The van der Waals surface area contributed by atoms with Crippen LogP contribution in [-0.2, 0) is 4.79 Å². The molecular weight excluding hydrogens is 226 g/mol. The van der Waals surface area contributed by atoms with E-state index in [1.807, 2.05) is 0 Å². The molecule has 2 aliphatic carbocycles. The molecule has 0 unspecified atom stereocenters. The molecule has 0 aromatic rings. The molecule has 2 saturated carbocycles. The van der Waals surface area contributed by atoms with E-state index < -0.39 is 5.97 Å². The zero-order valence-corrected chi connectivity index (χ0v) is 11.7. The van der Waals surface area contributed by atoms with Crippen LogP contribution < -0.4 is 5.32 Å². The van der Waals surface area contributed by atoms with Crippen LogP contribution in [0.5, 0.6) is 0 Å². The Morgan fingerprint density at radius 2 is 1.89 bits per heavy atom. The second kappa shape index (κ2) is 5.60. The Balaban J connectivity index is 1.93. The van der Waals surface area contributed by atoms with E-state index in [0.29, 0.717) is 18.3 Å². The first-order chi connectivity index (χ1) is 8.49. The van der Waals surface area contributed by atoms with Gasteiger partial charge in [-0.1, -0.05) is 13.8 Å². The number of hydrogen-bond acceptors (Lipinski definition) is 2. The normalized spacial score (nSPS) is 36.6. The molecule has 0 spiro atoms. The average Bonchev–Trinajstić information content (AvgIpc) is 2.97. The first kappa shape index (κ1) is 13.9. The number of rotatable bonds is 6. The van der Waals surface area contributed by atoms with Gasteiger partial charge in [-0.2, -0.15) is 0 Å². The van der Waals surface area contributed by atoms with E-state index in [9.17, 15) is 9.90 Å². The van der Waals surface area contributed by atoms with E-state index in [0.717, 1.165) is 31.8 Å². The highest BCUT2D eigenvalue weighted by Gasteiger charge is 2.39. The SMILES string of the molecule is C[C@@H]1C[C@H](C)C[C@@](CNCC2CC2)(CC(=O)O)C1. The van der Waals surface area contributed by atoms with Gasteiger partial charge in [-0.05, 0) is 61.8 Å². The van der Waals surface area contributed by atoms with Crippen molar-refractivity contribution in [1.29, 1.82) is 0 Å². The van der Waals surface area contributed by atoms with E-state index in [-0.39, 0.29) is 5.41 Å². The van der Waals surface area contributed by atoms with Crippen molar-refractivity contribution < 1.29 is 9.90 Å². The van der Waals surface area contributed by atoms with E-state index in [1.54, 1.807) is 0 Å². The van der Waals surface area contributed by atoms with E-state index in [4.69, 9.17) is 0 Å². The molecule has 2 N–H and O–H groups in total. The van der Waals surface area contributed by atoms with Gasteiger partial charge in [0.15, 0.2) is 0 Å². The summed E-state index contributed by atoms with van der Waals surface area (Å²) in [7, 11) is 0. The molecule has 0 bridgehead atoms. The van der Waals surface area contributed by atoms with E-state index >= 15 is 0 Å². The Hall–Kier alpha value is -0.570. The third-order valence-electron chi connectivity index (χ3n) is 4.52. The van der Waals surface area contributed by atoms with Gasteiger partial charge < -0.3 is 10.4 Å². The molecule has 104 valence electrons. The van der Waals surface area contributed by atoms with Crippen molar-refractivity contribution in [2.45, 2.75) is 52.4 Å². The standard InChI is InChI=1S/C15H27NO2/c1-11-5-12(2)7-15(6-11,8-14(17)18)10-16-9-13-3-4-13/h11-13,16H,3-10H2,1-2H3,(H,17,18)/t11-,12+,15-. The van der Waals surface area contributed by atoms with Crippen LogP contribution in [-0.4, -0.2) is 24.2 Å². The third-order valence-corrected chi connectivity index (χ3v) is 4.52. The van der Waals surface area contributed by atoms with Gasteiger partial charge in [-0.3, -0.25) is 4.79 Å². The van der Waals surface area contributed by atoms with Crippen molar-refractivity contribution in [3.8, 4) is 0 Å². The number of carbonyl (C=O) groups is 1. The maximum absolute atomic E-state index is 11.2. The highest BCUT2D eigenvalue weighted by molar-refractivity contribution is 5.67. The number of aliphatic carboxylic acids is 1. The molecule has 0 aliphatic heterocycles. The molecule has 3 atom stereocenters. The average molecular weight is 253 g/mol. The summed E-state index contributed by atoms with van der Waals surface area (Å²) in [5.74, 6) is 1.56. The van der Waals surface area contributed by atoms with Crippen molar-refractivity contribution in [3.05, 3.63) is 0 Å². The van der Waals surface area contributed by atoms with Gasteiger partial charge in [0.1, 0.15) is 0 Å². The Bertz CT molecular complexity index is 289. The number of carboxylic acids is 1. The molecule has 0 aromatic heterocycles. The van der Waals surface area contributed by atoms with Crippen LogP contribution >= 0.6 is 0 Å². The van der Waals surface area contributed by atoms with Crippen LogP contribution in [0.4, 0.5) is 0 Å². The zero-order valence-electron chi connectivity index (χ0n) is 11.7. The smallest absolute Gasteiger partial charge is 0.303 e. The number of hydrogen-bond donors (Lipinski definition) is 2. The van der Waals surface area contributed by atoms with Crippen molar-refractivity contribution in [1.82, 2.24) is 5.32 Å². The summed E-state index contributed by atoms with van der Waals surface area (Å²) in [5.41, 5.74) is -0.00218. The second-order valence-corrected chi connectivity index (χ2v) is 7.00. The molecule has 3 nitrogen and oxygen atoms in total. The fourth-order valence-corrected chi connectivity index (χ4v) is 3.95. The minimum absolute atomic E-state index is 0.00218. The van der Waals surface area contributed by atoms with Crippen molar-refractivity contribution in [2.75, 3.05) is 13.1 Å². The van der Waals surface area contributed by atoms with Gasteiger partial charge >= 0.3 is 5.97 Å². The van der Waals surface area contributed by atoms with Crippen LogP contribution in [0.25, 0.3) is 0 Å². The van der Waals surface area contributed by atoms with Gasteiger partial charge in [-0.25, -0.2) is 0 Å². The Labute approximate surface area is 110 Å². The lowest BCUT2D eigenvalue weighted by molar-refractivity contribution is -0.140. The molecule has 0 saturated heterocycles. The predicted octanol–water partition coefficient (Wildman–Crippen LogP) is 2.90. The summed E-state index contributed by atoms with van der Waals surface area (Å²) >= 11 is 0. The van der Waals surface area contributed by atoms with Gasteiger partial charge in [0.05, 0.1) is 6.42 Å². The number of carboxylic acid groups (broad SMARTS) is 1. The lowest BCUT2D eigenvalue weighted by Crippen LogP contribution is -2.42. The predicted molar refractivity (Wildman–Crippen MR) is 72.5 cm³/mol. The zero-order chi connectivity index (χ0) is 13.2. The van der Waals surface area contributed by atoms with Crippen LogP contribution in [0.1, 0.15) is 52.4 Å². The Morgan fingerprint density at radius 3 is 2.39 bits per heavy atom. The third kappa shape index (κ3) is 3.98. The summed E-state index contributed by atoms with van der Waals surface area (Å²) in [6.45, 7) is 6.52. The highest BCUT2D eigenvalue weighted by atomic mass is 16.4. The molecular formula is C15H27NO2. The fraction of sp³-hybridized carbons (Fsp3) is 0.933. The van der Waals surface area contributed by atoms with Crippen LogP contribution in [0.15, 0.2) is 0 Å². The highest BCUT2D eigenvalue weighted by Crippen LogP contribution is 2.44. The molecule has 0 radical (unpaired) electrons. The summed E-state index contributed by atoms with van der Waals surface area (Å²) in [5, 5.41) is 12.7. The maximum Gasteiger partial charge on any atom is 0.303 e. The van der Waals surface area contributed by atoms with Gasteiger partial charge in [-0.15, -0.1) is 0 Å². The summed E-state index contributed by atoms with van der Waals surface area (Å²) < 4.78 is 0. The van der Waals surface area contributed by atoms with Crippen LogP contribution in [0, 0.1) is 23.2 Å². The van der Waals surface area contributed by atoms with Crippen LogP contribution in [0.3, 0.4) is 0 Å². The van der Waals surface area contributed by atoms with Crippen molar-refractivity contribution in [3.63, 3.8) is 0 Å². The molecule has 2 rings (SSSR count). The molecule has 0 amide bonds. The molecule has 2 fully saturated rings. The molecule has 3 heteroatoms. The van der Waals surface area contributed by atoms with Gasteiger partial charge in [0.2, 0.25) is 0 Å². The number of nitrogens with one attached hydrogen (secondary N) is 1. The quantitative estimate of drug-likeness (QED) is 0.765. The largest absolute Gasteiger partial charge is 0.481 e. The summed E-state index contributed by atoms with van der Waals surface area (Å²) in [6, 6.07) is 0. The van der Waals surface area contributed by atoms with Crippen LogP contribution in [0.2, 0.25) is 0 Å². The molecule has 0 aromatic carbocycles. The van der Waals surface area contributed by atoms with E-state index in [1.165, 1.54) is 19.3 Å². The van der Waals surface area contributed by atoms with Crippen molar-refractivity contribution in [2.24, 2.45) is 23.2 Å².